The van der Waals surface area contributed by atoms with Gasteiger partial charge in [0.1, 0.15) is 0 Å². The largest absolute Gasteiger partial charge is 0.379 e. The molecule has 0 unspecified atom stereocenters. The van der Waals surface area contributed by atoms with Crippen molar-refractivity contribution in [2.75, 3.05) is 26.7 Å². The van der Waals surface area contributed by atoms with E-state index in [4.69, 9.17) is 4.74 Å². The van der Waals surface area contributed by atoms with Crippen LogP contribution in [0.25, 0.3) is 0 Å². The number of carbonyl (C=O) groups is 2. The number of ether oxygens (including phenoxy) is 1. The second-order valence-electron chi connectivity index (χ2n) is 4.54. The van der Waals surface area contributed by atoms with Crippen LogP contribution in [0.2, 0.25) is 0 Å². The molecule has 108 valence electrons. The summed E-state index contributed by atoms with van der Waals surface area (Å²) in [7, 11) is 1.72. The van der Waals surface area contributed by atoms with Crippen LogP contribution in [-0.4, -0.2) is 49.6 Å². The minimum absolute atomic E-state index is 0. The first-order valence-electron chi connectivity index (χ1n) is 6.59. The maximum atomic E-state index is 11.5. The zero-order valence-corrected chi connectivity index (χ0v) is 12.0. The average Bonchev–Trinajstić information content (AvgIpc) is 2.34. The molecule has 18 heavy (non-hydrogen) atoms. The minimum atomic E-state index is -0.0182. The number of amides is 2. The van der Waals surface area contributed by atoms with Crippen LogP contribution in [0.3, 0.4) is 0 Å². The fraction of sp³-hybridized carbons (Fsp3) is 0.846. The van der Waals surface area contributed by atoms with Crippen molar-refractivity contribution >= 4 is 11.8 Å². The van der Waals surface area contributed by atoms with E-state index in [9.17, 15) is 9.59 Å². The monoisotopic (exact) mass is 260 g/mol. The number of hydrogen-bond donors (Lipinski definition) is 1. The first-order chi connectivity index (χ1) is 8.47. The summed E-state index contributed by atoms with van der Waals surface area (Å²) in [6, 6.07) is 0. The van der Waals surface area contributed by atoms with Gasteiger partial charge in [-0.05, 0) is 20.3 Å². The van der Waals surface area contributed by atoms with Crippen LogP contribution in [0, 0.1) is 0 Å². The lowest BCUT2D eigenvalue weighted by Gasteiger charge is -2.15. The van der Waals surface area contributed by atoms with E-state index in [-0.39, 0.29) is 19.3 Å². The van der Waals surface area contributed by atoms with Crippen LogP contribution >= 0.6 is 0 Å². The number of nitrogens with zero attached hydrogens (tertiary/aromatic N) is 1. The Hall–Kier alpha value is -1.10. The van der Waals surface area contributed by atoms with Crippen molar-refractivity contribution in [1.29, 1.82) is 0 Å². The summed E-state index contributed by atoms with van der Waals surface area (Å²) < 4.78 is 5.36. The molecule has 0 radical (unpaired) electrons. The van der Waals surface area contributed by atoms with E-state index in [1.807, 2.05) is 20.8 Å². The van der Waals surface area contributed by atoms with Crippen LogP contribution in [-0.2, 0) is 14.3 Å². The molecule has 0 aliphatic rings. The maximum Gasteiger partial charge on any atom is 0.222 e. The molecule has 0 aromatic heterocycles. The van der Waals surface area contributed by atoms with Gasteiger partial charge in [-0.25, -0.2) is 0 Å². The van der Waals surface area contributed by atoms with E-state index in [1.165, 1.54) is 0 Å². The Morgan fingerprint density at radius 2 is 2.06 bits per heavy atom. The van der Waals surface area contributed by atoms with Gasteiger partial charge < -0.3 is 15.0 Å². The highest BCUT2D eigenvalue weighted by molar-refractivity contribution is 5.78. The van der Waals surface area contributed by atoms with Gasteiger partial charge in [0.25, 0.3) is 0 Å². The second kappa shape index (κ2) is 9.88. The molecule has 2 amide bonds. The summed E-state index contributed by atoms with van der Waals surface area (Å²) in [5.41, 5.74) is 0. The lowest BCUT2D eigenvalue weighted by Crippen LogP contribution is -2.32. The van der Waals surface area contributed by atoms with Crippen molar-refractivity contribution in [3.8, 4) is 0 Å². The zero-order chi connectivity index (χ0) is 14.0. The molecule has 1 N–H and O–H groups in total. The molecular formula is C13H28N2O3. The van der Waals surface area contributed by atoms with Crippen LogP contribution in [0.4, 0.5) is 0 Å². The standard InChI is InChI=1S/C13H26N2O3.H2/c1-5-13(17)15(4)9-7-12(16)14-8-6-10-18-11(2)3;/h11H,5-10H2,1-4H3,(H,14,16);1H. The molecule has 0 bridgehead atoms. The van der Waals surface area contributed by atoms with E-state index in [0.29, 0.717) is 32.5 Å². The third kappa shape index (κ3) is 8.98. The second-order valence-corrected chi connectivity index (χ2v) is 4.54. The van der Waals surface area contributed by atoms with E-state index in [2.05, 4.69) is 5.32 Å². The Balaban J connectivity index is 0. The molecule has 0 saturated heterocycles. The van der Waals surface area contributed by atoms with E-state index in [1.54, 1.807) is 11.9 Å². The number of hydrogen-bond acceptors (Lipinski definition) is 3. The van der Waals surface area contributed by atoms with Gasteiger partial charge in [0.05, 0.1) is 6.10 Å². The van der Waals surface area contributed by atoms with Crippen molar-refractivity contribution < 1.29 is 15.8 Å². The summed E-state index contributed by atoms with van der Waals surface area (Å²) in [4.78, 5) is 24.3. The zero-order valence-electron chi connectivity index (χ0n) is 12.0. The highest BCUT2D eigenvalue weighted by Crippen LogP contribution is 1.93. The van der Waals surface area contributed by atoms with Crippen molar-refractivity contribution in [1.82, 2.24) is 10.2 Å². The first kappa shape index (κ1) is 16.9. The van der Waals surface area contributed by atoms with Gasteiger partial charge in [0.2, 0.25) is 11.8 Å². The molecule has 0 rings (SSSR count). The van der Waals surface area contributed by atoms with Crippen LogP contribution in [0.1, 0.15) is 41.5 Å². The normalized spacial score (nSPS) is 10.5. The smallest absolute Gasteiger partial charge is 0.222 e. The molecule has 0 atom stereocenters. The minimum Gasteiger partial charge on any atom is -0.379 e. The molecule has 0 aliphatic heterocycles. The molecule has 0 fully saturated rings. The van der Waals surface area contributed by atoms with Gasteiger partial charge in [-0.2, -0.15) is 0 Å². The Kier molecular flexibility index (Phi) is 9.28. The predicted molar refractivity (Wildman–Crippen MR) is 73.4 cm³/mol. The van der Waals surface area contributed by atoms with E-state index < -0.39 is 0 Å². The molecule has 5 nitrogen and oxygen atoms in total. The lowest BCUT2D eigenvalue weighted by atomic mass is 10.3. The van der Waals surface area contributed by atoms with Gasteiger partial charge >= 0.3 is 0 Å². The van der Waals surface area contributed by atoms with Gasteiger partial charge in [-0.15, -0.1) is 0 Å². The van der Waals surface area contributed by atoms with Crippen molar-refractivity contribution in [2.45, 2.75) is 46.1 Å². The fourth-order valence-electron chi connectivity index (χ4n) is 1.37. The van der Waals surface area contributed by atoms with Gasteiger partial charge in [-0.1, -0.05) is 6.92 Å². The van der Waals surface area contributed by atoms with Gasteiger partial charge in [0, 0.05) is 41.0 Å². The van der Waals surface area contributed by atoms with Gasteiger partial charge in [0.15, 0.2) is 0 Å². The van der Waals surface area contributed by atoms with Crippen LogP contribution < -0.4 is 5.32 Å². The Morgan fingerprint density at radius 3 is 2.61 bits per heavy atom. The molecule has 0 aromatic rings. The van der Waals surface area contributed by atoms with E-state index in [0.717, 1.165) is 6.42 Å². The maximum absolute atomic E-state index is 11.5. The Bertz CT molecular complexity index is 260. The van der Waals surface area contributed by atoms with Crippen LogP contribution in [0.5, 0.6) is 0 Å². The molecule has 0 heterocycles. The predicted octanol–water partition coefficient (Wildman–Crippen LogP) is 1.42. The third-order valence-electron chi connectivity index (χ3n) is 2.50. The topological polar surface area (TPSA) is 58.6 Å². The molecule has 0 aliphatic carbocycles. The Morgan fingerprint density at radius 1 is 1.39 bits per heavy atom. The molecule has 0 aromatic carbocycles. The summed E-state index contributed by atoms with van der Waals surface area (Å²) >= 11 is 0. The van der Waals surface area contributed by atoms with Crippen molar-refractivity contribution in [3.63, 3.8) is 0 Å². The quantitative estimate of drug-likeness (QED) is 0.638. The first-order valence-corrected chi connectivity index (χ1v) is 6.59. The molecule has 0 spiro atoms. The average molecular weight is 260 g/mol. The van der Waals surface area contributed by atoms with E-state index >= 15 is 0 Å². The van der Waals surface area contributed by atoms with Gasteiger partial charge in [-0.3, -0.25) is 9.59 Å². The van der Waals surface area contributed by atoms with Crippen LogP contribution in [0.15, 0.2) is 0 Å². The Labute approximate surface area is 111 Å². The summed E-state index contributed by atoms with van der Waals surface area (Å²) in [6.45, 7) is 7.54. The highest BCUT2D eigenvalue weighted by Gasteiger charge is 2.08. The fourth-order valence-corrected chi connectivity index (χ4v) is 1.37. The number of nitrogens with one attached hydrogen (secondary N) is 1. The van der Waals surface area contributed by atoms with Crippen molar-refractivity contribution in [3.05, 3.63) is 0 Å². The lowest BCUT2D eigenvalue weighted by molar-refractivity contribution is -0.130. The highest BCUT2D eigenvalue weighted by atomic mass is 16.5. The molecular weight excluding hydrogens is 232 g/mol. The summed E-state index contributed by atoms with van der Waals surface area (Å²) in [6.07, 6.45) is 1.88. The summed E-state index contributed by atoms with van der Waals surface area (Å²) in [5, 5.41) is 2.81. The number of rotatable bonds is 9. The van der Waals surface area contributed by atoms with Crippen molar-refractivity contribution in [2.24, 2.45) is 0 Å². The third-order valence-corrected chi connectivity index (χ3v) is 2.50. The summed E-state index contributed by atoms with van der Waals surface area (Å²) in [5.74, 6) is 0.0448. The molecule has 0 saturated carbocycles. The number of carbonyl (C=O) groups excluding carboxylic acids is 2. The SMILES string of the molecule is CCC(=O)N(C)CCC(=O)NCCCOC(C)C.[HH]. The molecule has 5 heteroatoms.